The second-order valence-electron chi connectivity index (χ2n) is 8.58. The van der Waals surface area contributed by atoms with Crippen molar-refractivity contribution in [2.45, 2.75) is 65.5 Å². The fraction of sp³-hybridized carbons (Fsp3) is 0.526. The number of aromatic nitrogens is 2. The molecule has 3 N–H and O–H groups in total. The Hall–Kier alpha value is -2.57. The van der Waals surface area contributed by atoms with E-state index in [-0.39, 0.29) is 11.0 Å². The van der Waals surface area contributed by atoms with E-state index in [1.807, 2.05) is 10.6 Å². The number of pyridine rings is 1. The van der Waals surface area contributed by atoms with Gasteiger partial charge in [-0.15, -0.1) is 0 Å². The standard InChI is InChI=1S/C19H28N4O3/c1-11(17(25)26)20-16(24)12-9-8-10-23-14(12)21-13(18(2,3)4)15(23)22-19(5,6)7/h8-11,22H,1-7H3,(H,20,24)(H,25,26). The van der Waals surface area contributed by atoms with Gasteiger partial charge in [-0.2, -0.15) is 0 Å². The van der Waals surface area contributed by atoms with Crippen molar-refractivity contribution in [3.05, 3.63) is 29.6 Å². The van der Waals surface area contributed by atoms with E-state index in [4.69, 9.17) is 10.1 Å². The van der Waals surface area contributed by atoms with Gasteiger partial charge in [0, 0.05) is 17.2 Å². The zero-order chi connectivity index (χ0) is 19.9. The van der Waals surface area contributed by atoms with E-state index in [2.05, 4.69) is 52.2 Å². The molecule has 2 rings (SSSR count). The number of anilines is 1. The van der Waals surface area contributed by atoms with Crippen molar-refractivity contribution in [2.24, 2.45) is 0 Å². The molecule has 0 fully saturated rings. The highest BCUT2D eigenvalue weighted by molar-refractivity contribution is 6.01. The first-order valence-corrected chi connectivity index (χ1v) is 8.64. The smallest absolute Gasteiger partial charge is 0.325 e. The molecule has 0 spiro atoms. The number of carboxylic acids is 1. The summed E-state index contributed by atoms with van der Waals surface area (Å²) in [5.74, 6) is -0.710. The number of aliphatic carboxylic acids is 1. The van der Waals surface area contributed by atoms with Gasteiger partial charge in [0.25, 0.3) is 5.91 Å². The van der Waals surface area contributed by atoms with Crippen LogP contribution >= 0.6 is 0 Å². The quantitative estimate of drug-likeness (QED) is 0.779. The van der Waals surface area contributed by atoms with E-state index in [1.165, 1.54) is 6.92 Å². The topological polar surface area (TPSA) is 95.7 Å². The molecule has 2 heterocycles. The number of carbonyl (C=O) groups is 2. The number of nitrogens with one attached hydrogen (secondary N) is 2. The Morgan fingerprint density at radius 1 is 1.19 bits per heavy atom. The summed E-state index contributed by atoms with van der Waals surface area (Å²) in [5.41, 5.74) is 1.26. The van der Waals surface area contributed by atoms with Crippen molar-refractivity contribution in [1.82, 2.24) is 14.7 Å². The molecule has 0 bridgehead atoms. The van der Waals surface area contributed by atoms with Gasteiger partial charge in [-0.25, -0.2) is 4.98 Å². The molecule has 142 valence electrons. The van der Waals surface area contributed by atoms with Crippen LogP contribution in [0.3, 0.4) is 0 Å². The minimum Gasteiger partial charge on any atom is -0.480 e. The van der Waals surface area contributed by atoms with E-state index in [9.17, 15) is 9.59 Å². The summed E-state index contributed by atoms with van der Waals surface area (Å²) in [6.45, 7) is 13.8. The highest BCUT2D eigenvalue weighted by atomic mass is 16.4. The average Bonchev–Trinajstić information content (AvgIpc) is 2.84. The lowest BCUT2D eigenvalue weighted by atomic mass is 9.91. The number of carbonyl (C=O) groups excluding carboxylic acids is 1. The van der Waals surface area contributed by atoms with Crippen LogP contribution in [-0.4, -0.2) is 37.9 Å². The molecule has 0 saturated carbocycles. The third-order valence-electron chi connectivity index (χ3n) is 3.82. The van der Waals surface area contributed by atoms with Crippen LogP contribution in [-0.2, 0) is 10.2 Å². The Kier molecular flexibility index (Phi) is 5.03. The summed E-state index contributed by atoms with van der Waals surface area (Å²) in [4.78, 5) is 28.3. The number of amides is 1. The maximum atomic E-state index is 12.6. The molecule has 0 aromatic carbocycles. The van der Waals surface area contributed by atoms with Crippen LogP contribution in [0, 0.1) is 0 Å². The van der Waals surface area contributed by atoms with E-state index in [0.29, 0.717) is 11.2 Å². The molecule has 2 aromatic rings. The van der Waals surface area contributed by atoms with Gasteiger partial charge in [-0.3, -0.25) is 14.0 Å². The van der Waals surface area contributed by atoms with Crippen molar-refractivity contribution < 1.29 is 14.7 Å². The van der Waals surface area contributed by atoms with Gasteiger partial charge < -0.3 is 15.7 Å². The van der Waals surface area contributed by atoms with Crippen LogP contribution in [0.25, 0.3) is 5.65 Å². The average molecular weight is 360 g/mol. The minimum absolute atomic E-state index is 0.188. The zero-order valence-electron chi connectivity index (χ0n) is 16.5. The Morgan fingerprint density at radius 3 is 2.31 bits per heavy atom. The van der Waals surface area contributed by atoms with Crippen molar-refractivity contribution in [3.8, 4) is 0 Å². The van der Waals surface area contributed by atoms with Crippen LogP contribution in [0.2, 0.25) is 0 Å². The molecule has 0 aliphatic heterocycles. The number of rotatable bonds is 4. The van der Waals surface area contributed by atoms with E-state index in [1.54, 1.807) is 12.1 Å². The maximum Gasteiger partial charge on any atom is 0.325 e. The Bertz CT molecular complexity index is 841. The Morgan fingerprint density at radius 2 is 1.81 bits per heavy atom. The van der Waals surface area contributed by atoms with Crippen molar-refractivity contribution in [3.63, 3.8) is 0 Å². The minimum atomic E-state index is -1.08. The maximum absolute atomic E-state index is 12.6. The molecule has 7 heteroatoms. The molecule has 26 heavy (non-hydrogen) atoms. The van der Waals surface area contributed by atoms with Gasteiger partial charge in [0.05, 0.1) is 11.3 Å². The predicted molar refractivity (Wildman–Crippen MR) is 102 cm³/mol. The van der Waals surface area contributed by atoms with Crippen molar-refractivity contribution >= 4 is 23.3 Å². The van der Waals surface area contributed by atoms with Gasteiger partial charge in [0.2, 0.25) is 0 Å². The fourth-order valence-corrected chi connectivity index (χ4v) is 2.58. The van der Waals surface area contributed by atoms with Crippen LogP contribution in [0.15, 0.2) is 18.3 Å². The summed E-state index contributed by atoms with van der Waals surface area (Å²) >= 11 is 0. The van der Waals surface area contributed by atoms with Gasteiger partial charge in [-0.1, -0.05) is 20.8 Å². The van der Waals surface area contributed by atoms with Crippen LogP contribution in [0.4, 0.5) is 5.82 Å². The summed E-state index contributed by atoms with van der Waals surface area (Å²) in [6, 6.07) is 2.43. The predicted octanol–water partition coefficient (Wildman–Crippen LogP) is 3.05. The number of hydrogen-bond acceptors (Lipinski definition) is 4. The summed E-state index contributed by atoms with van der Waals surface area (Å²) in [7, 11) is 0. The molecule has 1 atom stereocenters. The second-order valence-corrected chi connectivity index (χ2v) is 8.58. The molecule has 0 saturated heterocycles. The van der Waals surface area contributed by atoms with Crippen LogP contribution in [0.5, 0.6) is 0 Å². The highest BCUT2D eigenvalue weighted by Gasteiger charge is 2.28. The Balaban J connectivity index is 2.62. The third-order valence-corrected chi connectivity index (χ3v) is 3.82. The first-order valence-electron chi connectivity index (χ1n) is 8.64. The fourth-order valence-electron chi connectivity index (χ4n) is 2.58. The monoisotopic (exact) mass is 360 g/mol. The third kappa shape index (κ3) is 4.15. The molecule has 0 aliphatic carbocycles. The largest absolute Gasteiger partial charge is 0.480 e. The SMILES string of the molecule is CC(NC(=O)c1cccn2c(NC(C)(C)C)c(C(C)(C)C)nc12)C(=O)O. The lowest BCUT2D eigenvalue weighted by Crippen LogP contribution is -2.38. The molecule has 2 aromatic heterocycles. The molecule has 1 unspecified atom stereocenters. The normalized spacial score (nSPS) is 13.5. The summed E-state index contributed by atoms with van der Waals surface area (Å²) < 4.78 is 1.85. The van der Waals surface area contributed by atoms with Gasteiger partial charge in [0.1, 0.15) is 11.9 Å². The van der Waals surface area contributed by atoms with Crippen LogP contribution < -0.4 is 10.6 Å². The van der Waals surface area contributed by atoms with E-state index >= 15 is 0 Å². The lowest BCUT2D eigenvalue weighted by Gasteiger charge is -2.25. The molecule has 7 nitrogen and oxygen atoms in total. The lowest BCUT2D eigenvalue weighted by molar-refractivity contribution is -0.138. The van der Waals surface area contributed by atoms with E-state index in [0.717, 1.165) is 11.5 Å². The molecule has 1 amide bonds. The van der Waals surface area contributed by atoms with Crippen molar-refractivity contribution in [2.75, 3.05) is 5.32 Å². The molecule has 0 aliphatic rings. The van der Waals surface area contributed by atoms with Crippen molar-refractivity contribution in [1.29, 1.82) is 0 Å². The van der Waals surface area contributed by atoms with Crippen LogP contribution in [0.1, 0.15) is 64.5 Å². The number of carboxylic acid groups (broad SMARTS) is 1. The number of hydrogen-bond donors (Lipinski definition) is 3. The van der Waals surface area contributed by atoms with Gasteiger partial charge in [0.15, 0.2) is 5.65 Å². The highest BCUT2D eigenvalue weighted by Crippen LogP contribution is 2.32. The van der Waals surface area contributed by atoms with E-state index < -0.39 is 17.9 Å². The second kappa shape index (κ2) is 6.63. The number of nitrogens with zero attached hydrogens (tertiary/aromatic N) is 2. The van der Waals surface area contributed by atoms with Gasteiger partial charge >= 0.3 is 5.97 Å². The first-order chi connectivity index (χ1) is 11.8. The summed E-state index contributed by atoms with van der Waals surface area (Å²) in [5, 5.41) is 15.0. The molecule has 0 radical (unpaired) electrons. The molecular weight excluding hydrogens is 332 g/mol. The molecular formula is C19H28N4O3. The van der Waals surface area contributed by atoms with Gasteiger partial charge in [-0.05, 0) is 39.8 Å². The summed E-state index contributed by atoms with van der Waals surface area (Å²) in [6.07, 6.45) is 1.85. The number of fused-ring (bicyclic) bond motifs is 1. The zero-order valence-corrected chi connectivity index (χ0v) is 16.5. The first kappa shape index (κ1) is 19.8. The number of imidazole rings is 1. The Labute approximate surface area is 153 Å².